The zero-order chi connectivity index (χ0) is 15.8. The second-order valence-electron chi connectivity index (χ2n) is 4.30. The smallest absolute Gasteiger partial charge is 0.0226 e. The number of hydrogen-bond acceptors (Lipinski definition) is 8. The summed E-state index contributed by atoms with van der Waals surface area (Å²) in [5.41, 5.74) is 0. The minimum atomic E-state index is 0.685. The molecule has 0 nitrogen and oxygen atoms in total. The Hall–Kier alpha value is 2.80. The molecule has 0 aromatic heterocycles. The maximum absolute atomic E-state index is 4.43. The van der Waals surface area contributed by atoms with Crippen LogP contribution in [0.4, 0.5) is 0 Å². The third-order valence-corrected chi connectivity index (χ3v) is 10.3. The van der Waals surface area contributed by atoms with Crippen molar-refractivity contribution in [2.24, 2.45) is 0 Å². The summed E-state index contributed by atoms with van der Waals surface area (Å²) in [6, 6.07) is 0. The molecule has 21 heavy (non-hydrogen) atoms. The van der Waals surface area contributed by atoms with Gasteiger partial charge in [-0.2, -0.15) is 97.6 Å². The molecule has 0 radical (unpaired) electrons. The van der Waals surface area contributed by atoms with E-state index in [9.17, 15) is 0 Å². The molecule has 0 aliphatic carbocycles. The van der Waals surface area contributed by atoms with Crippen molar-refractivity contribution in [3.05, 3.63) is 0 Å². The second-order valence-corrected chi connectivity index (χ2v) is 11.0. The van der Waals surface area contributed by atoms with Gasteiger partial charge in [-0.05, 0) is 29.4 Å². The Bertz CT molecular complexity index is 185. The van der Waals surface area contributed by atoms with Crippen LogP contribution in [0.3, 0.4) is 0 Å². The molecule has 0 fully saturated rings. The zero-order valence-corrected chi connectivity index (χ0v) is 19.2. The molecule has 0 rings (SSSR count). The minimum absolute atomic E-state index is 0.685. The van der Waals surface area contributed by atoms with E-state index >= 15 is 0 Å². The minimum Gasteiger partial charge on any atom is -0.179 e. The molecule has 0 spiro atoms. The van der Waals surface area contributed by atoms with Gasteiger partial charge >= 0.3 is 0 Å². The van der Waals surface area contributed by atoms with E-state index in [0.717, 1.165) is 34.5 Å². The standard InChI is InChI=1S/C13H28S8/c14-2-6-20-12(8-16)10-18-4-1-5-19-11-13(9-17)21-7-3-15/h12-17H,1-11H2. The van der Waals surface area contributed by atoms with Gasteiger partial charge < -0.3 is 0 Å². The lowest BCUT2D eigenvalue weighted by Crippen LogP contribution is -2.11. The molecule has 0 saturated carbocycles. The molecule has 0 aromatic rings. The molecule has 0 aromatic carbocycles. The third-order valence-electron chi connectivity index (χ3n) is 2.48. The Kier molecular flexibility index (Phi) is 21.7. The fraction of sp³-hybridized carbons (Fsp3) is 1.00. The van der Waals surface area contributed by atoms with Crippen LogP contribution in [-0.4, -0.2) is 68.0 Å². The van der Waals surface area contributed by atoms with Crippen molar-refractivity contribution in [3.8, 4) is 0 Å². The third kappa shape index (κ3) is 16.0. The number of thioether (sulfide) groups is 4. The molecule has 2 unspecified atom stereocenters. The zero-order valence-electron chi connectivity index (χ0n) is 12.4. The summed E-state index contributed by atoms with van der Waals surface area (Å²) in [5.74, 6) is 11.2. The van der Waals surface area contributed by atoms with Gasteiger partial charge in [-0.25, -0.2) is 0 Å². The average Bonchev–Trinajstić information content (AvgIpc) is 2.52. The molecule has 8 heteroatoms. The van der Waals surface area contributed by atoms with Crippen LogP contribution < -0.4 is 0 Å². The molecule has 0 heterocycles. The molecule has 0 bridgehead atoms. The van der Waals surface area contributed by atoms with E-state index in [4.69, 9.17) is 0 Å². The molecule has 0 aliphatic heterocycles. The number of thiol groups is 4. The van der Waals surface area contributed by atoms with Gasteiger partial charge in [0.05, 0.1) is 0 Å². The van der Waals surface area contributed by atoms with Crippen molar-refractivity contribution in [2.75, 3.05) is 57.5 Å². The molecule has 0 amide bonds. The molecule has 128 valence electrons. The summed E-state index contributed by atoms with van der Waals surface area (Å²) >= 11 is 25.6. The highest BCUT2D eigenvalue weighted by Gasteiger charge is 2.08. The van der Waals surface area contributed by atoms with Gasteiger partial charge in [0, 0.05) is 45.0 Å². The van der Waals surface area contributed by atoms with E-state index in [1.807, 2.05) is 23.5 Å². The highest BCUT2D eigenvalue weighted by atomic mass is 32.2. The molecule has 0 N–H and O–H groups in total. The van der Waals surface area contributed by atoms with Gasteiger partial charge in [0.25, 0.3) is 0 Å². The van der Waals surface area contributed by atoms with Crippen LogP contribution in [0, 0.1) is 0 Å². The van der Waals surface area contributed by atoms with E-state index in [2.05, 4.69) is 74.0 Å². The van der Waals surface area contributed by atoms with Crippen molar-refractivity contribution >= 4 is 97.6 Å². The predicted molar refractivity (Wildman–Crippen MR) is 127 cm³/mol. The van der Waals surface area contributed by atoms with Crippen LogP contribution in [0.15, 0.2) is 0 Å². The van der Waals surface area contributed by atoms with E-state index in [1.54, 1.807) is 0 Å². The Morgan fingerprint density at radius 1 is 0.619 bits per heavy atom. The molecule has 2 atom stereocenters. The van der Waals surface area contributed by atoms with Crippen molar-refractivity contribution in [2.45, 2.75) is 16.9 Å². The first-order valence-electron chi connectivity index (χ1n) is 7.10. The maximum atomic E-state index is 4.43. The van der Waals surface area contributed by atoms with Crippen molar-refractivity contribution in [3.63, 3.8) is 0 Å². The fourth-order valence-electron chi connectivity index (χ4n) is 1.44. The van der Waals surface area contributed by atoms with Crippen LogP contribution in [0.25, 0.3) is 0 Å². The predicted octanol–water partition coefficient (Wildman–Crippen LogP) is 4.77. The van der Waals surface area contributed by atoms with Gasteiger partial charge in [0.1, 0.15) is 0 Å². The average molecular weight is 441 g/mol. The summed E-state index contributed by atoms with van der Waals surface area (Å²) in [4.78, 5) is 0. The number of hydrogen-bond donors (Lipinski definition) is 4. The van der Waals surface area contributed by atoms with Gasteiger partial charge in [-0.1, -0.05) is 0 Å². The summed E-state index contributed by atoms with van der Waals surface area (Å²) < 4.78 is 0. The Morgan fingerprint density at radius 2 is 1.05 bits per heavy atom. The topological polar surface area (TPSA) is 0 Å². The largest absolute Gasteiger partial charge is 0.179 e. The van der Waals surface area contributed by atoms with Crippen LogP contribution in [0.1, 0.15) is 6.42 Å². The second kappa shape index (κ2) is 19.1. The van der Waals surface area contributed by atoms with Gasteiger partial charge in [0.15, 0.2) is 0 Å². The maximum Gasteiger partial charge on any atom is 0.0226 e. The normalized spacial score (nSPS) is 14.3. The molecular formula is C13H28S8. The summed E-state index contributed by atoms with van der Waals surface area (Å²) in [6.45, 7) is 0. The summed E-state index contributed by atoms with van der Waals surface area (Å²) in [7, 11) is 0. The van der Waals surface area contributed by atoms with Crippen molar-refractivity contribution in [1.82, 2.24) is 0 Å². The van der Waals surface area contributed by atoms with E-state index < -0.39 is 0 Å². The lowest BCUT2D eigenvalue weighted by molar-refractivity contribution is 1.09. The Balaban J connectivity index is 3.41. The quantitative estimate of drug-likeness (QED) is 0.202. The highest BCUT2D eigenvalue weighted by Crippen LogP contribution is 2.21. The molecule has 0 saturated heterocycles. The van der Waals surface area contributed by atoms with E-state index in [0.29, 0.717) is 10.5 Å². The first-order chi connectivity index (χ1) is 10.3. The van der Waals surface area contributed by atoms with Crippen molar-refractivity contribution in [1.29, 1.82) is 0 Å². The summed E-state index contributed by atoms with van der Waals surface area (Å²) in [5, 5.41) is 1.37. The molecular weight excluding hydrogens is 413 g/mol. The summed E-state index contributed by atoms with van der Waals surface area (Å²) in [6.07, 6.45) is 1.31. The van der Waals surface area contributed by atoms with Crippen LogP contribution >= 0.6 is 97.6 Å². The van der Waals surface area contributed by atoms with Gasteiger partial charge in [0.2, 0.25) is 0 Å². The Labute approximate surface area is 170 Å². The monoisotopic (exact) mass is 440 g/mol. The lowest BCUT2D eigenvalue weighted by Gasteiger charge is -2.14. The van der Waals surface area contributed by atoms with Crippen LogP contribution in [-0.2, 0) is 0 Å². The van der Waals surface area contributed by atoms with Crippen molar-refractivity contribution < 1.29 is 0 Å². The highest BCUT2D eigenvalue weighted by molar-refractivity contribution is 8.04. The first-order valence-corrected chi connectivity index (χ1v) is 14.0. The van der Waals surface area contributed by atoms with Gasteiger partial charge in [-0.3, -0.25) is 0 Å². The van der Waals surface area contributed by atoms with E-state index in [-0.39, 0.29) is 0 Å². The first kappa shape index (κ1) is 23.8. The lowest BCUT2D eigenvalue weighted by atomic mass is 10.5. The molecule has 0 aliphatic rings. The van der Waals surface area contributed by atoms with Crippen LogP contribution in [0.2, 0.25) is 0 Å². The Morgan fingerprint density at radius 3 is 1.38 bits per heavy atom. The SMILES string of the molecule is SCCSC(CS)CSCCCSCC(CS)SCCS. The van der Waals surface area contributed by atoms with E-state index in [1.165, 1.54) is 29.4 Å². The van der Waals surface area contributed by atoms with Gasteiger partial charge in [-0.15, -0.1) is 0 Å². The van der Waals surface area contributed by atoms with Crippen LogP contribution in [0.5, 0.6) is 0 Å². The number of rotatable bonds is 16. The fourth-order valence-corrected chi connectivity index (χ4v) is 7.72.